The minimum absolute atomic E-state index is 0.128. The first-order valence-corrected chi connectivity index (χ1v) is 2.75. The maximum atomic E-state index is 3.01. The first-order valence-electron chi connectivity index (χ1n) is 2.75. The Morgan fingerprint density at radius 2 is 1.62 bits per heavy atom. The Morgan fingerprint density at radius 3 is 1.75 bits per heavy atom. The summed E-state index contributed by atoms with van der Waals surface area (Å²) in [5.41, 5.74) is 8.69. The average molecular weight is 117 g/mol. The van der Waals surface area contributed by atoms with Crippen LogP contribution in [0.15, 0.2) is 0 Å². The summed E-state index contributed by atoms with van der Waals surface area (Å²) < 4.78 is 0. The van der Waals surface area contributed by atoms with E-state index in [1.54, 1.807) is 0 Å². The second-order valence-corrected chi connectivity index (χ2v) is 2.75. The maximum Gasteiger partial charge on any atom is 0.0252 e. The lowest BCUT2D eigenvalue weighted by molar-refractivity contribution is 0.328. The zero-order valence-corrected chi connectivity index (χ0v) is 6.00. The van der Waals surface area contributed by atoms with Crippen molar-refractivity contribution in [1.82, 2.24) is 16.4 Å². The summed E-state index contributed by atoms with van der Waals surface area (Å²) in [6, 6.07) is 0. The van der Waals surface area contributed by atoms with Gasteiger partial charge in [0.05, 0.1) is 0 Å². The summed E-state index contributed by atoms with van der Waals surface area (Å²) >= 11 is 0. The van der Waals surface area contributed by atoms with E-state index in [4.69, 9.17) is 0 Å². The second kappa shape index (κ2) is 3.02. The van der Waals surface area contributed by atoms with Gasteiger partial charge in [-0.05, 0) is 27.8 Å². The van der Waals surface area contributed by atoms with Crippen molar-refractivity contribution in [2.75, 3.05) is 7.05 Å². The van der Waals surface area contributed by atoms with Gasteiger partial charge in [-0.1, -0.05) is 0 Å². The van der Waals surface area contributed by atoms with E-state index >= 15 is 0 Å². The first-order chi connectivity index (χ1) is 3.56. The summed E-state index contributed by atoms with van der Waals surface area (Å²) in [7, 11) is 1.82. The van der Waals surface area contributed by atoms with Crippen molar-refractivity contribution < 1.29 is 0 Å². The maximum absolute atomic E-state index is 3.01. The molecule has 0 aliphatic carbocycles. The number of hydrogen-bond donors (Lipinski definition) is 3. The highest BCUT2D eigenvalue weighted by Gasteiger charge is 2.05. The molecule has 0 saturated carbocycles. The zero-order valence-electron chi connectivity index (χ0n) is 6.00. The fourth-order valence-corrected chi connectivity index (χ4v) is 0.250. The molecule has 0 aliphatic rings. The van der Waals surface area contributed by atoms with Crippen LogP contribution in [0.3, 0.4) is 0 Å². The van der Waals surface area contributed by atoms with Gasteiger partial charge < -0.3 is 0 Å². The predicted molar refractivity (Wildman–Crippen MR) is 35.1 cm³/mol. The van der Waals surface area contributed by atoms with E-state index < -0.39 is 0 Å². The Morgan fingerprint density at radius 1 is 1.12 bits per heavy atom. The van der Waals surface area contributed by atoms with Crippen LogP contribution in [0.25, 0.3) is 0 Å². The van der Waals surface area contributed by atoms with Gasteiger partial charge in [-0.2, -0.15) is 5.53 Å². The van der Waals surface area contributed by atoms with Gasteiger partial charge in [0.2, 0.25) is 0 Å². The molecule has 0 atom stereocenters. The minimum Gasteiger partial charge on any atom is -0.247 e. The molecular formula is C5H15N3. The molecule has 3 heteroatoms. The Bertz CT molecular complexity index is 55.2. The van der Waals surface area contributed by atoms with Gasteiger partial charge in [0, 0.05) is 5.54 Å². The number of hydrazine groups is 2. The highest BCUT2D eigenvalue weighted by Crippen LogP contribution is 1.93. The quantitative estimate of drug-likeness (QED) is 0.446. The van der Waals surface area contributed by atoms with Gasteiger partial charge in [-0.3, -0.25) is 0 Å². The Kier molecular flexibility index (Phi) is 2.97. The van der Waals surface area contributed by atoms with Crippen molar-refractivity contribution in [3.8, 4) is 0 Å². The fraction of sp³-hybridized carbons (Fsp3) is 1.00. The van der Waals surface area contributed by atoms with Crippen molar-refractivity contribution in [2.24, 2.45) is 0 Å². The Hall–Kier alpha value is -0.120. The molecule has 0 aromatic heterocycles. The van der Waals surface area contributed by atoms with Gasteiger partial charge >= 0.3 is 0 Å². The van der Waals surface area contributed by atoms with Crippen LogP contribution in [-0.2, 0) is 0 Å². The topological polar surface area (TPSA) is 36.1 Å². The van der Waals surface area contributed by atoms with Crippen LogP contribution in [0.4, 0.5) is 0 Å². The van der Waals surface area contributed by atoms with E-state index in [9.17, 15) is 0 Å². The lowest BCUT2D eigenvalue weighted by Gasteiger charge is -2.20. The molecule has 0 spiro atoms. The molecule has 3 N–H and O–H groups in total. The molecule has 0 bridgehead atoms. The molecule has 0 heterocycles. The molecular weight excluding hydrogens is 102 g/mol. The average Bonchev–Trinajstić information content (AvgIpc) is 1.59. The van der Waals surface area contributed by atoms with E-state index in [0.717, 1.165) is 0 Å². The zero-order chi connectivity index (χ0) is 6.62. The molecule has 0 aromatic carbocycles. The lowest BCUT2D eigenvalue weighted by Crippen LogP contribution is -2.51. The summed E-state index contributed by atoms with van der Waals surface area (Å²) in [4.78, 5) is 0. The molecule has 50 valence electrons. The van der Waals surface area contributed by atoms with Gasteiger partial charge in [-0.25, -0.2) is 10.9 Å². The van der Waals surface area contributed by atoms with E-state index in [0.29, 0.717) is 0 Å². The van der Waals surface area contributed by atoms with Gasteiger partial charge in [0.15, 0.2) is 0 Å². The molecule has 0 fully saturated rings. The van der Waals surface area contributed by atoms with Crippen LogP contribution in [-0.4, -0.2) is 12.6 Å². The molecule has 8 heavy (non-hydrogen) atoms. The summed E-state index contributed by atoms with van der Waals surface area (Å²) in [6.45, 7) is 6.24. The molecule has 0 unspecified atom stereocenters. The molecule has 0 saturated heterocycles. The SMILES string of the molecule is CNNNC(C)(C)C. The molecule has 0 amide bonds. The van der Waals surface area contributed by atoms with Gasteiger partial charge in [0.1, 0.15) is 0 Å². The Balaban J connectivity index is 3.11. The predicted octanol–water partition coefficient (Wildman–Crippen LogP) is 0.0135. The third kappa shape index (κ3) is 5.88. The molecule has 0 rings (SSSR count). The second-order valence-electron chi connectivity index (χ2n) is 2.75. The molecule has 0 aliphatic heterocycles. The summed E-state index contributed by atoms with van der Waals surface area (Å²) in [5, 5.41) is 0. The van der Waals surface area contributed by atoms with Crippen molar-refractivity contribution in [3.05, 3.63) is 0 Å². The Labute approximate surface area is 50.8 Å². The van der Waals surface area contributed by atoms with Gasteiger partial charge in [-0.15, -0.1) is 0 Å². The molecule has 3 nitrogen and oxygen atoms in total. The first kappa shape index (κ1) is 7.88. The monoisotopic (exact) mass is 117 g/mol. The fourth-order valence-electron chi connectivity index (χ4n) is 0.250. The van der Waals surface area contributed by atoms with E-state index in [1.165, 1.54) is 0 Å². The van der Waals surface area contributed by atoms with Crippen molar-refractivity contribution in [3.63, 3.8) is 0 Å². The van der Waals surface area contributed by atoms with Crippen LogP contribution in [0.1, 0.15) is 20.8 Å². The smallest absolute Gasteiger partial charge is 0.0252 e. The van der Waals surface area contributed by atoms with Crippen LogP contribution < -0.4 is 16.4 Å². The van der Waals surface area contributed by atoms with Gasteiger partial charge in [0.25, 0.3) is 0 Å². The van der Waals surface area contributed by atoms with E-state index in [-0.39, 0.29) is 5.54 Å². The van der Waals surface area contributed by atoms with Crippen molar-refractivity contribution in [2.45, 2.75) is 26.3 Å². The largest absolute Gasteiger partial charge is 0.247 e. The highest BCUT2D eigenvalue weighted by molar-refractivity contribution is 4.65. The standard InChI is InChI=1S/C5H15N3/c1-5(2,3)7-8-6-4/h6-8H,1-4H3. The van der Waals surface area contributed by atoms with Crippen molar-refractivity contribution in [1.29, 1.82) is 0 Å². The summed E-state index contributed by atoms with van der Waals surface area (Å²) in [5.74, 6) is 0. The van der Waals surface area contributed by atoms with E-state index in [2.05, 4.69) is 37.2 Å². The number of hydrogen-bond acceptors (Lipinski definition) is 3. The summed E-state index contributed by atoms with van der Waals surface area (Å²) in [6.07, 6.45) is 0. The van der Waals surface area contributed by atoms with Crippen LogP contribution >= 0.6 is 0 Å². The third-order valence-corrected chi connectivity index (χ3v) is 0.562. The number of rotatable bonds is 2. The number of nitrogens with one attached hydrogen (secondary N) is 3. The molecule has 0 radical (unpaired) electrons. The molecule has 0 aromatic rings. The minimum atomic E-state index is 0.128. The third-order valence-electron chi connectivity index (χ3n) is 0.562. The van der Waals surface area contributed by atoms with Crippen LogP contribution in [0.2, 0.25) is 0 Å². The van der Waals surface area contributed by atoms with E-state index in [1.807, 2.05) is 7.05 Å². The lowest BCUT2D eigenvalue weighted by atomic mass is 10.1. The van der Waals surface area contributed by atoms with Crippen molar-refractivity contribution >= 4 is 0 Å². The van der Waals surface area contributed by atoms with Crippen LogP contribution in [0, 0.1) is 0 Å². The van der Waals surface area contributed by atoms with Crippen LogP contribution in [0.5, 0.6) is 0 Å². The normalized spacial score (nSPS) is 12.0. The highest BCUT2D eigenvalue weighted by atomic mass is 15.6.